The Bertz CT molecular complexity index is 338. The smallest absolute Gasteiger partial charge is 0.271 e. The number of hydrogen-bond donors (Lipinski definition) is 1. The van der Waals surface area contributed by atoms with Crippen LogP contribution in [0.1, 0.15) is 30.3 Å². The molecule has 1 aromatic rings. The zero-order valence-electron chi connectivity index (χ0n) is 9.74. The molecule has 0 saturated heterocycles. The topological polar surface area (TPSA) is 46.9 Å². The van der Waals surface area contributed by atoms with E-state index in [0.29, 0.717) is 24.0 Å². The average Bonchev–Trinajstić information content (AvgIpc) is 2.70. The van der Waals surface area contributed by atoms with Gasteiger partial charge in [0.1, 0.15) is 5.69 Å². The summed E-state index contributed by atoms with van der Waals surface area (Å²) in [5, 5.41) is 2.87. The van der Waals surface area contributed by atoms with Gasteiger partial charge in [0.05, 0.1) is 6.33 Å². The normalized spacial score (nSPS) is 12.4. The molecule has 1 atom stereocenters. The lowest BCUT2D eigenvalue weighted by Crippen LogP contribution is -2.29. The summed E-state index contributed by atoms with van der Waals surface area (Å²) in [5.41, 5.74) is 0.461. The van der Waals surface area contributed by atoms with Gasteiger partial charge < -0.3 is 9.88 Å². The molecule has 1 heterocycles. The van der Waals surface area contributed by atoms with Crippen LogP contribution in [0.3, 0.4) is 0 Å². The molecule has 1 unspecified atom stereocenters. The fourth-order valence-corrected chi connectivity index (χ4v) is 1.77. The van der Waals surface area contributed by atoms with E-state index in [1.807, 2.05) is 7.05 Å². The lowest BCUT2D eigenvalue weighted by molar-refractivity contribution is 0.0942. The highest BCUT2D eigenvalue weighted by atomic mass is 35.5. The predicted octanol–water partition coefficient (Wildman–Crippen LogP) is 1.80. The summed E-state index contributed by atoms with van der Waals surface area (Å²) < 4.78 is 1.75. The van der Waals surface area contributed by atoms with Crippen LogP contribution in [0.5, 0.6) is 0 Å². The van der Waals surface area contributed by atoms with Gasteiger partial charge in [-0.2, -0.15) is 0 Å². The number of halogens is 1. The highest BCUT2D eigenvalue weighted by molar-refractivity contribution is 6.17. The van der Waals surface area contributed by atoms with Crippen molar-refractivity contribution < 1.29 is 4.79 Å². The van der Waals surface area contributed by atoms with Gasteiger partial charge in [-0.25, -0.2) is 4.98 Å². The van der Waals surface area contributed by atoms with E-state index in [9.17, 15) is 4.79 Å². The first kappa shape index (κ1) is 13.0. The van der Waals surface area contributed by atoms with Crippen molar-refractivity contribution in [3.8, 4) is 0 Å². The van der Waals surface area contributed by atoms with E-state index in [4.69, 9.17) is 11.6 Å². The standard InChI is InChI=1S/C11H18ClN3O/c1-3-9(4-5-12)6-13-11(16)10-7-15(2)8-14-10/h7-9H,3-6H2,1-2H3,(H,13,16). The Morgan fingerprint density at radius 2 is 2.44 bits per heavy atom. The van der Waals surface area contributed by atoms with Crippen molar-refractivity contribution in [3.05, 3.63) is 18.2 Å². The van der Waals surface area contributed by atoms with Crippen molar-refractivity contribution in [2.45, 2.75) is 19.8 Å². The number of hydrogen-bond acceptors (Lipinski definition) is 2. The lowest BCUT2D eigenvalue weighted by Gasteiger charge is -2.13. The molecular formula is C11H18ClN3O. The van der Waals surface area contributed by atoms with Crippen molar-refractivity contribution in [2.24, 2.45) is 13.0 Å². The number of carbonyl (C=O) groups is 1. The van der Waals surface area contributed by atoms with Gasteiger partial charge in [-0.15, -0.1) is 11.6 Å². The largest absolute Gasteiger partial charge is 0.350 e. The molecule has 90 valence electrons. The number of nitrogens with zero attached hydrogens (tertiary/aromatic N) is 2. The van der Waals surface area contributed by atoms with Crippen molar-refractivity contribution in [1.82, 2.24) is 14.9 Å². The molecule has 4 nitrogen and oxygen atoms in total. The van der Waals surface area contributed by atoms with Crippen LogP contribution in [-0.4, -0.2) is 27.9 Å². The molecule has 1 rings (SSSR count). The third kappa shape index (κ3) is 3.85. The van der Waals surface area contributed by atoms with Crippen molar-refractivity contribution in [1.29, 1.82) is 0 Å². The Kier molecular flexibility index (Phi) is 5.32. The number of aryl methyl sites for hydroxylation is 1. The number of imidazole rings is 1. The Morgan fingerprint density at radius 3 is 2.94 bits per heavy atom. The van der Waals surface area contributed by atoms with Gasteiger partial charge in [-0.1, -0.05) is 13.3 Å². The molecule has 5 heteroatoms. The Morgan fingerprint density at radius 1 is 1.69 bits per heavy atom. The monoisotopic (exact) mass is 243 g/mol. The minimum absolute atomic E-state index is 0.117. The molecule has 0 fully saturated rings. The minimum Gasteiger partial charge on any atom is -0.350 e. The number of amides is 1. The first-order valence-electron chi connectivity index (χ1n) is 5.49. The molecule has 0 spiro atoms. The maximum absolute atomic E-state index is 11.7. The maximum Gasteiger partial charge on any atom is 0.271 e. The number of alkyl halides is 1. The molecule has 1 N–H and O–H groups in total. The highest BCUT2D eigenvalue weighted by Crippen LogP contribution is 2.08. The molecule has 0 bridgehead atoms. The highest BCUT2D eigenvalue weighted by Gasteiger charge is 2.11. The van der Waals surface area contributed by atoms with Crippen LogP contribution in [0.2, 0.25) is 0 Å². The molecule has 0 aromatic carbocycles. The first-order valence-corrected chi connectivity index (χ1v) is 6.03. The summed E-state index contributed by atoms with van der Waals surface area (Å²) in [5.74, 6) is 0.969. The zero-order valence-corrected chi connectivity index (χ0v) is 10.5. The lowest BCUT2D eigenvalue weighted by atomic mass is 10.0. The van der Waals surface area contributed by atoms with E-state index in [-0.39, 0.29) is 5.91 Å². The Balaban J connectivity index is 2.40. The van der Waals surface area contributed by atoms with Crippen LogP contribution in [0.25, 0.3) is 0 Å². The van der Waals surface area contributed by atoms with Crippen LogP contribution in [-0.2, 0) is 7.05 Å². The molecule has 0 aliphatic heterocycles. The van der Waals surface area contributed by atoms with Crippen LogP contribution in [0.15, 0.2) is 12.5 Å². The van der Waals surface area contributed by atoms with Gasteiger partial charge in [0.25, 0.3) is 5.91 Å². The second-order valence-corrected chi connectivity index (χ2v) is 4.26. The predicted molar refractivity (Wildman–Crippen MR) is 64.7 cm³/mol. The molecular weight excluding hydrogens is 226 g/mol. The first-order chi connectivity index (χ1) is 7.67. The maximum atomic E-state index is 11.7. The van der Waals surface area contributed by atoms with E-state index < -0.39 is 0 Å². The van der Waals surface area contributed by atoms with Gasteiger partial charge in [-0.3, -0.25) is 4.79 Å². The summed E-state index contributed by atoms with van der Waals surface area (Å²) in [6.45, 7) is 2.77. The fraction of sp³-hybridized carbons (Fsp3) is 0.636. The van der Waals surface area contributed by atoms with Crippen LogP contribution in [0, 0.1) is 5.92 Å². The summed E-state index contributed by atoms with van der Waals surface area (Å²) in [6, 6.07) is 0. The summed E-state index contributed by atoms with van der Waals surface area (Å²) in [6.07, 6.45) is 5.28. The second kappa shape index (κ2) is 6.53. The van der Waals surface area contributed by atoms with Gasteiger partial charge in [0.15, 0.2) is 0 Å². The van der Waals surface area contributed by atoms with E-state index >= 15 is 0 Å². The molecule has 16 heavy (non-hydrogen) atoms. The molecule has 1 amide bonds. The molecule has 0 aliphatic carbocycles. The molecule has 0 radical (unpaired) electrons. The third-order valence-corrected chi connectivity index (χ3v) is 2.80. The van der Waals surface area contributed by atoms with Gasteiger partial charge in [0.2, 0.25) is 0 Å². The minimum atomic E-state index is -0.117. The number of rotatable bonds is 6. The Hall–Kier alpha value is -1.03. The van der Waals surface area contributed by atoms with Crippen molar-refractivity contribution in [3.63, 3.8) is 0 Å². The summed E-state index contributed by atoms with van der Waals surface area (Å²) in [7, 11) is 1.84. The number of nitrogens with one attached hydrogen (secondary N) is 1. The summed E-state index contributed by atoms with van der Waals surface area (Å²) in [4.78, 5) is 15.7. The van der Waals surface area contributed by atoms with Crippen molar-refractivity contribution >= 4 is 17.5 Å². The number of aromatic nitrogens is 2. The van der Waals surface area contributed by atoms with Crippen LogP contribution in [0.4, 0.5) is 0 Å². The Labute approximate surface area is 101 Å². The van der Waals surface area contributed by atoms with Gasteiger partial charge in [-0.05, 0) is 12.3 Å². The van der Waals surface area contributed by atoms with E-state index in [0.717, 1.165) is 12.8 Å². The van der Waals surface area contributed by atoms with Crippen molar-refractivity contribution in [2.75, 3.05) is 12.4 Å². The van der Waals surface area contributed by atoms with Gasteiger partial charge >= 0.3 is 0 Å². The van der Waals surface area contributed by atoms with E-state index in [1.54, 1.807) is 17.1 Å². The van der Waals surface area contributed by atoms with Crippen LogP contribution < -0.4 is 5.32 Å². The van der Waals surface area contributed by atoms with E-state index in [2.05, 4.69) is 17.2 Å². The molecule has 1 aromatic heterocycles. The molecule has 0 saturated carbocycles. The van der Waals surface area contributed by atoms with Crippen LogP contribution >= 0.6 is 11.6 Å². The fourth-order valence-electron chi connectivity index (χ4n) is 1.46. The number of carbonyl (C=O) groups excluding carboxylic acids is 1. The third-order valence-electron chi connectivity index (χ3n) is 2.58. The summed E-state index contributed by atoms with van der Waals surface area (Å²) >= 11 is 5.68. The zero-order chi connectivity index (χ0) is 12.0. The van der Waals surface area contributed by atoms with E-state index in [1.165, 1.54) is 0 Å². The van der Waals surface area contributed by atoms with Gasteiger partial charge in [0, 0.05) is 25.7 Å². The quantitative estimate of drug-likeness (QED) is 0.775. The SMILES string of the molecule is CCC(CCCl)CNC(=O)c1cn(C)cn1. The average molecular weight is 244 g/mol. The molecule has 0 aliphatic rings. The second-order valence-electron chi connectivity index (χ2n) is 3.89.